The molecule has 0 radical (unpaired) electrons. The van der Waals surface area contributed by atoms with E-state index in [-0.39, 0.29) is 6.10 Å². The Morgan fingerprint density at radius 1 is 1.44 bits per heavy atom. The van der Waals surface area contributed by atoms with Gasteiger partial charge in [0.05, 0.1) is 11.8 Å². The minimum Gasteiger partial charge on any atom is -0.396 e. The van der Waals surface area contributed by atoms with Crippen LogP contribution in [0.2, 0.25) is 0 Å². The van der Waals surface area contributed by atoms with Gasteiger partial charge in [-0.1, -0.05) is 0 Å². The van der Waals surface area contributed by atoms with Gasteiger partial charge in [-0.05, 0) is 25.0 Å². The van der Waals surface area contributed by atoms with Crippen LogP contribution in [0.5, 0.6) is 0 Å². The van der Waals surface area contributed by atoms with Gasteiger partial charge in [0.2, 0.25) is 0 Å². The van der Waals surface area contributed by atoms with Crippen LogP contribution in [0.1, 0.15) is 12.8 Å². The molecule has 88 valence electrons. The van der Waals surface area contributed by atoms with Gasteiger partial charge in [0.25, 0.3) is 0 Å². The number of nitrogens with two attached hydrogens (primary N) is 2. The van der Waals surface area contributed by atoms with Gasteiger partial charge in [-0.2, -0.15) is 0 Å². The van der Waals surface area contributed by atoms with Crippen molar-refractivity contribution in [2.75, 3.05) is 36.6 Å². The normalized spacial score (nSPS) is 21.1. The second kappa shape index (κ2) is 4.57. The number of pyridine rings is 1. The lowest BCUT2D eigenvalue weighted by molar-refractivity contribution is 0.0891. The number of ether oxygens (including phenoxy) is 1. The molecule has 1 aliphatic heterocycles. The topological polar surface area (TPSA) is 77.4 Å². The molecule has 2 heterocycles. The predicted molar refractivity (Wildman–Crippen MR) is 65.3 cm³/mol. The molecule has 1 saturated heterocycles. The van der Waals surface area contributed by atoms with E-state index in [9.17, 15) is 0 Å². The van der Waals surface area contributed by atoms with E-state index in [1.807, 2.05) is 6.07 Å². The third kappa shape index (κ3) is 2.19. The lowest BCUT2D eigenvalue weighted by Gasteiger charge is -2.32. The highest BCUT2D eigenvalue weighted by molar-refractivity contribution is 5.62. The number of aromatic nitrogens is 1. The minimum absolute atomic E-state index is 0.286. The molecule has 0 bridgehead atoms. The molecule has 5 nitrogen and oxygen atoms in total. The molecular formula is C11H18N4O. The second-order valence-electron chi connectivity index (χ2n) is 4.09. The molecule has 0 aliphatic carbocycles. The molecule has 1 aliphatic rings. The number of methoxy groups -OCH3 is 1. The lowest BCUT2D eigenvalue weighted by Crippen LogP contribution is -2.39. The highest BCUT2D eigenvalue weighted by atomic mass is 16.5. The number of rotatable bonds is 2. The molecule has 16 heavy (non-hydrogen) atoms. The summed E-state index contributed by atoms with van der Waals surface area (Å²) in [6.45, 7) is 1.86. The van der Waals surface area contributed by atoms with Gasteiger partial charge in [-0.15, -0.1) is 0 Å². The van der Waals surface area contributed by atoms with Crippen molar-refractivity contribution in [2.24, 2.45) is 0 Å². The average molecular weight is 222 g/mol. The Bertz CT molecular complexity index is 369. The summed E-state index contributed by atoms with van der Waals surface area (Å²) in [6.07, 6.45) is 2.51. The van der Waals surface area contributed by atoms with Crippen molar-refractivity contribution in [3.05, 3.63) is 12.1 Å². The standard InChI is InChI=1S/C11H18N4O/c1-16-8-3-2-6-15(7-8)10-5-4-9(12)11(13)14-10/h4-5,8H,2-3,6-7,12H2,1H3,(H2,13,14). The van der Waals surface area contributed by atoms with Crippen LogP contribution in [0.15, 0.2) is 12.1 Å². The van der Waals surface area contributed by atoms with E-state index in [4.69, 9.17) is 16.2 Å². The molecule has 1 unspecified atom stereocenters. The molecule has 0 amide bonds. The number of hydrogen-bond donors (Lipinski definition) is 2. The highest BCUT2D eigenvalue weighted by Crippen LogP contribution is 2.22. The van der Waals surface area contributed by atoms with Crippen LogP contribution in [0.4, 0.5) is 17.3 Å². The fraction of sp³-hybridized carbons (Fsp3) is 0.545. The maximum Gasteiger partial charge on any atom is 0.149 e. The molecule has 0 spiro atoms. The van der Waals surface area contributed by atoms with Gasteiger partial charge in [-0.3, -0.25) is 0 Å². The fourth-order valence-corrected chi connectivity index (χ4v) is 1.99. The summed E-state index contributed by atoms with van der Waals surface area (Å²) in [4.78, 5) is 6.48. The van der Waals surface area contributed by atoms with E-state index >= 15 is 0 Å². The Balaban J connectivity index is 2.13. The van der Waals surface area contributed by atoms with Crippen molar-refractivity contribution >= 4 is 17.3 Å². The maximum atomic E-state index is 5.70. The molecule has 4 N–H and O–H groups in total. The molecule has 1 aromatic rings. The molecule has 2 rings (SSSR count). The summed E-state index contributed by atoms with van der Waals surface area (Å²) in [5, 5.41) is 0. The van der Waals surface area contributed by atoms with Crippen molar-refractivity contribution in [1.29, 1.82) is 0 Å². The first-order valence-electron chi connectivity index (χ1n) is 5.50. The quantitative estimate of drug-likeness (QED) is 0.776. The van der Waals surface area contributed by atoms with Crippen molar-refractivity contribution in [3.8, 4) is 0 Å². The summed E-state index contributed by atoms with van der Waals surface area (Å²) in [7, 11) is 1.75. The highest BCUT2D eigenvalue weighted by Gasteiger charge is 2.20. The van der Waals surface area contributed by atoms with Gasteiger partial charge in [0.15, 0.2) is 0 Å². The van der Waals surface area contributed by atoms with Gasteiger partial charge < -0.3 is 21.1 Å². The van der Waals surface area contributed by atoms with Crippen molar-refractivity contribution in [3.63, 3.8) is 0 Å². The van der Waals surface area contributed by atoms with Crippen LogP contribution in [-0.2, 0) is 4.74 Å². The lowest BCUT2D eigenvalue weighted by atomic mass is 10.1. The predicted octanol–water partition coefficient (Wildman–Crippen LogP) is 0.861. The maximum absolute atomic E-state index is 5.70. The SMILES string of the molecule is COC1CCCN(c2ccc(N)c(N)n2)C1. The zero-order valence-corrected chi connectivity index (χ0v) is 9.52. The van der Waals surface area contributed by atoms with E-state index in [0.717, 1.165) is 31.7 Å². The Labute approximate surface area is 95.4 Å². The van der Waals surface area contributed by atoms with Crippen molar-refractivity contribution < 1.29 is 4.74 Å². The third-order valence-electron chi connectivity index (χ3n) is 2.98. The Morgan fingerprint density at radius 3 is 2.94 bits per heavy atom. The van der Waals surface area contributed by atoms with Gasteiger partial charge in [-0.25, -0.2) is 4.98 Å². The average Bonchev–Trinajstić information content (AvgIpc) is 2.33. The number of nitrogen functional groups attached to an aromatic ring is 2. The number of hydrogen-bond acceptors (Lipinski definition) is 5. The van der Waals surface area contributed by atoms with Gasteiger partial charge in [0.1, 0.15) is 11.6 Å². The third-order valence-corrected chi connectivity index (χ3v) is 2.98. The first kappa shape index (κ1) is 11.0. The number of piperidine rings is 1. The Hall–Kier alpha value is -1.49. The van der Waals surface area contributed by atoms with E-state index in [0.29, 0.717) is 11.5 Å². The fourth-order valence-electron chi connectivity index (χ4n) is 1.99. The Kier molecular flexibility index (Phi) is 3.14. The first-order valence-corrected chi connectivity index (χ1v) is 5.50. The minimum atomic E-state index is 0.286. The largest absolute Gasteiger partial charge is 0.396 e. The summed E-state index contributed by atoms with van der Waals surface area (Å²) in [5.41, 5.74) is 11.9. The van der Waals surface area contributed by atoms with Crippen molar-refractivity contribution in [2.45, 2.75) is 18.9 Å². The van der Waals surface area contributed by atoms with E-state index in [1.165, 1.54) is 0 Å². The van der Waals surface area contributed by atoms with E-state index in [1.54, 1.807) is 13.2 Å². The smallest absolute Gasteiger partial charge is 0.149 e. The van der Waals surface area contributed by atoms with Crippen LogP contribution in [0.25, 0.3) is 0 Å². The number of anilines is 3. The summed E-state index contributed by atoms with van der Waals surface area (Å²) < 4.78 is 5.37. The zero-order chi connectivity index (χ0) is 11.5. The van der Waals surface area contributed by atoms with Crippen LogP contribution in [0.3, 0.4) is 0 Å². The van der Waals surface area contributed by atoms with Crippen LogP contribution in [-0.4, -0.2) is 31.3 Å². The van der Waals surface area contributed by atoms with E-state index in [2.05, 4.69) is 9.88 Å². The van der Waals surface area contributed by atoms with Crippen LogP contribution in [0, 0.1) is 0 Å². The molecule has 0 aromatic carbocycles. The zero-order valence-electron chi connectivity index (χ0n) is 9.52. The summed E-state index contributed by atoms with van der Waals surface area (Å²) in [5.74, 6) is 1.28. The summed E-state index contributed by atoms with van der Waals surface area (Å²) in [6, 6.07) is 3.71. The van der Waals surface area contributed by atoms with Crippen LogP contribution < -0.4 is 16.4 Å². The number of nitrogens with zero attached hydrogens (tertiary/aromatic N) is 2. The molecule has 5 heteroatoms. The van der Waals surface area contributed by atoms with Crippen molar-refractivity contribution in [1.82, 2.24) is 4.98 Å². The molecule has 1 fully saturated rings. The first-order chi connectivity index (χ1) is 7.70. The molecule has 1 atom stereocenters. The van der Waals surface area contributed by atoms with Crippen LogP contribution >= 0.6 is 0 Å². The van der Waals surface area contributed by atoms with Gasteiger partial charge >= 0.3 is 0 Å². The monoisotopic (exact) mass is 222 g/mol. The Morgan fingerprint density at radius 2 is 2.25 bits per heavy atom. The van der Waals surface area contributed by atoms with E-state index < -0.39 is 0 Å². The van der Waals surface area contributed by atoms with Gasteiger partial charge in [0, 0.05) is 20.2 Å². The molecular weight excluding hydrogens is 204 g/mol. The second-order valence-corrected chi connectivity index (χ2v) is 4.09. The molecule has 0 saturated carbocycles. The molecule has 1 aromatic heterocycles. The summed E-state index contributed by atoms with van der Waals surface area (Å²) >= 11 is 0.